The zero-order valence-electron chi connectivity index (χ0n) is 10.6. The maximum atomic E-state index is 11.6. The third-order valence-electron chi connectivity index (χ3n) is 3.14. The first-order chi connectivity index (χ1) is 8.79. The van der Waals surface area contributed by atoms with Crippen LogP contribution in [0.15, 0.2) is 29.2 Å². The summed E-state index contributed by atoms with van der Waals surface area (Å²) in [4.78, 5) is 12.9. The van der Waals surface area contributed by atoms with Gasteiger partial charge in [0.05, 0.1) is 6.61 Å². The van der Waals surface area contributed by atoms with Crippen LogP contribution >= 0.6 is 11.8 Å². The van der Waals surface area contributed by atoms with Crippen LogP contribution < -0.4 is 5.32 Å². The minimum absolute atomic E-state index is 0.0798. The number of rotatable bonds is 5. The monoisotopic (exact) mass is 265 g/mol. The van der Waals surface area contributed by atoms with Gasteiger partial charge in [0.15, 0.2) is 0 Å². The van der Waals surface area contributed by atoms with Crippen LogP contribution in [0.25, 0.3) is 0 Å². The summed E-state index contributed by atoms with van der Waals surface area (Å²) in [6.45, 7) is 1.39. The van der Waals surface area contributed by atoms with E-state index in [1.807, 2.05) is 0 Å². The van der Waals surface area contributed by atoms with E-state index in [1.165, 1.54) is 10.5 Å². The summed E-state index contributed by atoms with van der Waals surface area (Å²) in [6, 6.07) is 8.30. The average Bonchev–Trinajstić information content (AvgIpc) is 2.93. The van der Waals surface area contributed by atoms with E-state index in [1.54, 1.807) is 11.8 Å². The standard InChI is InChI=1S/C14H19NO2S/c1-18-12-6-4-11(5-7-12)8-10-17-14(16)13-3-2-9-15-13/h4-7,13,15H,2-3,8-10H2,1H3. The molecule has 1 N–H and O–H groups in total. The summed E-state index contributed by atoms with van der Waals surface area (Å²) >= 11 is 1.73. The molecule has 1 atom stereocenters. The van der Waals surface area contributed by atoms with Crippen LogP contribution in [0.1, 0.15) is 18.4 Å². The maximum Gasteiger partial charge on any atom is 0.323 e. The summed E-state index contributed by atoms with van der Waals surface area (Å²) in [6.07, 6.45) is 4.82. The Morgan fingerprint density at radius 1 is 1.44 bits per heavy atom. The summed E-state index contributed by atoms with van der Waals surface area (Å²) in [5.74, 6) is -0.103. The summed E-state index contributed by atoms with van der Waals surface area (Å²) in [5, 5.41) is 3.14. The topological polar surface area (TPSA) is 38.3 Å². The predicted octanol–water partition coefficient (Wildman–Crippen LogP) is 2.25. The molecule has 0 aromatic heterocycles. The zero-order valence-corrected chi connectivity index (χ0v) is 11.5. The van der Waals surface area contributed by atoms with Gasteiger partial charge in [0, 0.05) is 11.3 Å². The van der Waals surface area contributed by atoms with Crippen molar-refractivity contribution in [2.45, 2.75) is 30.2 Å². The van der Waals surface area contributed by atoms with Crippen molar-refractivity contribution in [3.05, 3.63) is 29.8 Å². The third kappa shape index (κ3) is 3.75. The van der Waals surface area contributed by atoms with E-state index in [2.05, 4.69) is 35.8 Å². The first kappa shape index (κ1) is 13.4. The molecule has 0 bridgehead atoms. The Bertz CT molecular complexity index is 385. The van der Waals surface area contributed by atoms with Gasteiger partial charge in [-0.2, -0.15) is 0 Å². The van der Waals surface area contributed by atoms with E-state index in [-0.39, 0.29) is 12.0 Å². The van der Waals surface area contributed by atoms with E-state index < -0.39 is 0 Å². The normalized spacial score (nSPS) is 18.8. The molecule has 0 amide bonds. The third-order valence-corrected chi connectivity index (χ3v) is 3.88. The van der Waals surface area contributed by atoms with Crippen molar-refractivity contribution in [3.8, 4) is 0 Å². The molecule has 2 rings (SSSR count). The Morgan fingerprint density at radius 3 is 2.83 bits per heavy atom. The summed E-state index contributed by atoms with van der Waals surface area (Å²) < 4.78 is 5.28. The lowest BCUT2D eigenvalue weighted by atomic mass is 10.2. The van der Waals surface area contributed by atoms with Crippen molar-refractivity contribution in [1.29, 1.82) is 0 Å². The molecule has 4 heteroatoms. The predicted molar refractivity (Wildman–Crippen MR) is 73.9 cm³/mol. The molecule has 1 aliphatic heterocycles. The van der Waals surface area contributed by atoms with Crippen molar-refractivity contribution in [2.75, 3.05) is 19.4 Å². The molecule has 1 fully saturated rings. The lowest BCUT2D eigenvalue weighted by Crippen LogP contribution is -2.32. The number of hydrogen-bond acceptors (Lipinski definition) is 4. The van der Waals surface area contributed by atoms with E-state index in [0.717, 1.165) is 25.8 Å². The molecule has 1 saturated heterocycles. The van der Waals surface area contributed by atoms with Crippen molar-refractivity contribution >= 4 is 17.7 Å². The van der Waals surface area contributed by atoms with Crippen LogP contribution in [0, 0.1) is 0 Å². The van der Waals surface area contributed by atoms with E-state index in [4.69, 9.17) is 4.74 Å². The molecule has 98 valence electrons. The van der Waals surface area contributed by atoms with Crippen LogP contribution in [0.3, 0.4) is 0 Å². The van der Waals surface area contributed by atoms with Gasteiger partial charge in [-0.05, 0) is 43.3 Å². The molecule has 0 radical (unpaired) electrons. The number of esters is 1. The van der Waals surface area contributed by atoms with Gasteiger partial charge in [0.1, 0.15) is 6.04 Å². The molecular formula is C14H19NO2S. The fourth-order valence-corrected chi connectivity index (χ4v) is 2.46. The molecular weight excluding hydrogens is 246 g/mol. The molecule has 1 unspecified atom stereocenters. The Labute approximate surface area is 112 Å². The molecule has 1 aromatic carbocycles. The highest BCUT2D eigenvalue weighted by molar-refractivity contribution is 7.98. The van der Waals surface area contributed by atoms with Crippen molar-refractivity contribution in [1.82, 2.24) is 5.32 Å². The van der Waals surface area contributed by atoms with Gasteiger partial charge < -0.3 is 10.1 Å². The maximum absolute atomic E-state index is 11.6. The number of carbonyl (C=O) groups is 1. The fraction of sp³-hybridized carbons (Fsp3) is 0.500. The average molecular weight is 265 g/mol. The first-order valence-corrected chi connectivity index (χ1v) is 7.55. The zero-order chi connectivity index (χ0) is 12.8. The van der Waals surface area contributed by atoms with Gasteiger partial charge in [-0.1, -0.05) is 12.1 Å². The van der Waals surface area contributed by atoms with Crippen molar-refractivity contribution in [2.24, 2.45) is 0 Å². The highest BCUT2D eigenvalue weighted by Gasteiger charge is 2.22. The molecule has 1 heterocycles. The smallest absolute Gasteiger partial charge is 0.323 e. The van der Waals surface area contributed by atoms with E-state index in [9.17, 15) is 4.79 Å². The second-order valence-electron chi connectivity index (χ2n) is 4.41. The van der Waals surface area contributed by atoms with Crippen LogP contribution in [-0.4, -0.2) is 31.4 Å². The molecule has 0 saturated carbocycles. The van der Waals surface area contributed by atoms with Gasteiger partial charge in [-0.3, -0.25) is 4.79 Å². The Balaban J connectivity index is 1.72. The fourth-order valence-electron chi connectivity index (χ4n) is 2.05. The van der Waals surface area contributed by atoms with Gasteiger partial charge in [-0.15, -0.1) is 11.8 Å². The van der Waals surface area contributed by atoms with E-state index in [0.29, 0.717) is 6.61 Å². The Kier molecular flexibility index (Phi) is 5.08. The van der Waals surface area contributed by atoms with Crippen molar-refractivity contribution in [3.63, 3.8) is 0 Å². The Morgan fingerprint density at radius 2 is 2.22 bits per heavy atom. The minimum atomic E-state index is -0.103. The number of hydrogen-bond donors (Lipinski definition) is 1. The number of thioether (sulfide) groups is 1. The highest BCUT2D eigenvalue weighted by atomic mass is 32.2. The number of benzene rings is 1. The minimum Gasteiger partial charge on any atom is -0.464 e. The molecule has 18 heavy (non-hydrogen) atoms. The van der Waals surface area contributed by atoms with E-state index >= 15 is 0 Å². The molecule has 0 spiro atoms. The lowest BCUT2D eigenvalue weighted by Gasteiger charge is -2.10. The molecule has 1 aliphatic rings. The Hall–Kier alpha value is -1.00. The first-order valence-electron chi connectivity index (χ1n) is 6.32. The van der Waals surface area contributed by atoms with Crippen LogP contribution in [0.2, 0.25) is 0 Å². The van der Waals surface area contributed by atoms with Crippen LogP contribution in [-0.2, 0) is 16.0 Å². The second-order valence-corrected chi connectivity index (χ2v) is 5.29. The van der Waals surface area contributed by atoms with Crippen molar-refractivity contribution < 1.29 is 9.53 Å². The number of nitrogens with one attached hydrogen (secondary N) is 1. The summed E-state index contributed by atoms with van der Waals surface area (Å²) in [7, 11) is 0. The van der Waals surface area contributed by atoms with Gasteiger partial charge in [0.25, 0.3) is 0 Å². The molecule has 0 aliphatic carbocycles. The number of carbonyl (C=O) groups excluding carboxylic acids is 1. The SMILES string of the molecule is CSc1ccc(CCOC(=O)C2CCCN2)cc1. The largest absolute Gasteiger partial charge is 0.464 e. The molecule has 1 aromatic rings. The lowest BCUT2D eigenvalue weighted by molar-refractivity contribution is -0.145. The second kappa shape index (κ2) is 6.81. The quantitative estimate of drug-likeness (QED) is 0.654. The summed E-state index contributed by atoms with van der Waals surface area (Å²) in [5.41, 5.74) is 1.21. The van der Waals surface area contributed by atoms with Crippen LogP contribution in [0.4, 0.5) is 0 Å². The van der Waals surface area contributed by atoms with Gasteiger partial charge in [-0.25, -0.2) is 0 Å². The molecule has 3 nitrogen and oxygen atoms in total. The highest BCUT2D eigenvalue weighted by Crippen LogP contribution is 2.15. The van der Waals surface area contributed by atoms with Crippen LogP contribution in [0.5, 0.6) is 0 Å². The van der Waals surface area contributed by atoms with Gasteiger partial charge in [0.2, 0.25) is 0 Å². The number of ether oxygens (including phenoxy) is 1. The van der Waals surface area contributed by atoms with Gasteiger partial charge >= 0.3 is 5.97 Å².